The number of methoxy groups -OCH3 is 1. The van der Waals surface area contributed by atoms with Crippen molar-refractivity contribution in [3.05, 3.63) is 88.6 Å². The lowest BCUT2D eigenvalue weighted by molar-refractivity contribution is -0.0440. The molecule has 2 atom stereocenters. The highest BCUT2D eigenvalue weighted by molar-refractivity contribution is 7.89. The normalized spacial score (nSPS) is 17.9. The van der Waals surface area contributed by atoms with Gasteiger partial charge in [-0.2, -0.15) is 4.31 Å². The first-order valence-corrected chi connectivity index (χ1v) is 14.8. The van der Waals surface area contributed by atoms with E-state index in [0.29, 0.717) is 22.4 Å². The second kappa shape index (κ2) is 11.7. The molecule has 0 radical (unpaired) electrons. The number of hydrogen-bond acceptors (Lipinski definition) is 8. The van der Waals surface area contributed by atoms with E-state index in [0.717, 1.165) is 0 Å². The largest absolute Gasteiger partial charge is 0.495 e. The van der Waals surface area contributed by atoms with Gasteiger partial charge in [0, 0.05) is 29.6 Å². The van der Waals surface area contributed by atoms with Gasteiger partial charge in [0.25, 0.3) is 0 Å². The molecule has 2 heterocycles. The van der Waals surface area contributed by atoms with Crippen molar-refractivity contribution in [3.8, 4) is 5.75 Å². The molecule has 11 heteroatoms. The summed E-state index contributed by atoms with van der Waals surface area (Å²) in [6.45, 7) is 3.91. The number of rotatable bonds is 9. The highest BCUT2D eigenvalue weighted by Gasteiger charge is 2.32. The molecule has 9 nitrogen and oxygen atoms in total. The Labute approximate surface area is 243 Å². The van der Waals surface area contributed by atoms with Gasteiger partial charge in [0.1, 0.15) is 11.3 Å². The fourth-order valence-electron chi connectivity index (χ4n) is 4.90. The number of fused-ring (bicyclic) bond motifs is 1. The summed E-state index contributed by atoms with van der Waals surface area (Å²) >= 11 is 6.24. The zero-order chi connectivity index (χ0) is 29.3. The summed E-state index contributed by atoms with van der Waals surface area (Å²) in [7, 11) is -2.34. The summed E-state index contributed by atoms with van der Waals surface area (Å²) in [5.74, 6) is -0.338. The van der Waals surface area contributed by atoms with E-state index in [1.54, 1.807) is 48.5 Å². The van der Waals surface area contributed by atoms with E-state index in [1.807, 2.05) is 13.8 Å². The number of nitrogens with zero attached hydrogens (tertiary/aromatic N) is 1. The van der Waals surface area contributed by atoms with Crippen molar-refractivity contribution < 1.29 is 31.9 Å². The Balaban J connectivity index is 1.40. The van der Waals surface area contributed by atoms with Crippen molar-refractivity contribution in [2.45, 2.75) is 31.0 Å². The number of morpholine rings is 1. The molecule has 1 aliphatic heterocycles. The van der Waals surface area contributed by atoms with Crippen molar-refractivity contribution in [2.24, 2.45) is 0 Å². The molecule has 0 spiro atoms. The lowest BCUT2D eigenvalue weighted by Gasteiger charge is -2.34. The van der Waals surface area contributed by atoms with Crippen LogP contribution >= 0.6 is 11.6 Å². The maximum atomic E-state index is 13.5. The zero-order valence-corrected chi connectivity index (χ0v) is 24.3. The Morgan fingerprint density at radius 1 is 1.00 bits per heavy atom. The lowest BCUT2D eigenvalue weighted by Crippen LogP contribution is -2.48. The molecule has 1 aliphatic rings. The maximum Gasteiger partial charge on any atom is 0.243 e. The summed E-state index contributed by atoms with van der Waals surface area (Å²) in [5.41, 5.74) is 1.32. The van der Waals surface area contributed by atoms with Gasteiger partial charge < -0.3 is 19.2 Å². The van der Waals surface area contributed by atoms with Gasteiger partial charge in [-0.05, 0) is 56.3 Å². The number of furan rings is 1. The molecule has 0 aliphatic carbocycles. The fraction of sp³-hybridized carbons (Fsp3) is 0.267. The highest BCUT2D eigenvalue weighted by Crippen LogP contribution is 2.34. The number of ether oxygens (including phenoxy) is 2. The fourth-order valence-corrected chi connectivity index (χ4v) is 6.79. The first-order valence-electron chi connectivity index (χ1n) is 13.0. The average Bonchev–Trinajstić information content (AvgIpc) is 3.33. The molecule has 5 rings (SSSR count). The summed E-state index contributed by atoms with van der Waals surface area (Å²) in [6, 6.07) is 17.7. The van der Waals surface area contributed by atoms with Crippen LogP contribution < -0.4 is 10.1 Å². The van der Waals surface area contributed by atoms with Crippen LogP contribution in [0.3, 0.4) is 0 Å². The number of hydrogen-bond donors (Lipinski definition) is 1. The van der Waals surface area contributed by atoms with E-state index >= 15 is 0 Å². The van der Waals surface area contributed by atoms with Crippen LogP contribution in [0, 0.1) is 0 Å². The molecule has 3 aromatic carbocycles. The first-order chi connectivity index (χ1) is 19.6. The SMILES string of the molecule is COc1ccc(C(=O)c2oc3ccccc3c2NCC(=O)c2cccc(S(=O)(=O)N3CC(C)OC(C)C3)c2)cc1Cl. The number of para-hydroxylation sites is 1. The Morgan fingerprint density at radius 3 is 2.44 bits per heavy atom. The molecule has 1 N–H and O–H groups in total. The molecule has 0 amide bonds. The standard InChI is InChI=1S/C30H29ClN2O7S/c1-18-16-33(17-19(2)39-18)41(36,37)22-8-6-7-20(13-22)25(34)15-32-28-23-9-4-5-10-26(23)40-30(28)29(35)21-11-12-27(38-3)24(31)14-21/h4-14,18-19,32H,15-17H2,1-3H3. The predicted molar refractivity (Wildman–Crippen MR) is 156 cm³/mol. The Kier molecular flexibility index (Phi) is 8.19. The van der Waals surface area contributed by atoms with Crippen LogP contribution in [-0.4, -0.2) is 63.2 Å². The molecule has 1 aromatic heterocycles. The summed E-state index contributed by atoms with van der Waals surface area (Å²) < 4.78 is 44.8. The van der Waals surface area contributed by atoms with Gasteiger partial charge in [0.2, 0.25) is 15.8 Å². The van der Waals surface area contributed by atoms with Crippen molar-refractivity contribution in [2.75, 3.05) is 32.1 Å². The van der Waals surface area contributed by atoms with Crippen LogP contribution in [0.25, 0.3) is 11.0 Å². The lowest BCUT2D eigenvalue weighted by atomic mass is 10.1. The number of sulfonamides is 1. The maximum absolute atomic E-state index is 13.5. The molecular weight excluding hydrogens is 568 g/mol. The third-order valence-electron chi connectivity index (χ3n) is 6.82. The third-order valence-corrected chi connectivity index (χ3v) is 8.94. The van der Waals surface area contributed by atoms with Gasteiger partial charge in [0.15, 0.2) is 11.5 Å². The topological polar surface area (TPSA) is 115 Å². The number of benzene rings is 3. The zero-order valence-electron chi connectivity index (χ0n) is 22.7. The number of carbonyl (C=O) groups excluding carboxylic acids is 2. The van der Waals surface area contributed by atoms with E-state index in [9.17, 15) is 18.0 Å². The second-order valence-corrected chi connectivity index (χ2v) is 12.2. The smallest absolute Gasteiger partial charge is 0.243 e. The quantitative estimate of drug-likeness (QED) is 0.255. The molecule has 41 heavy (non-hydrogen) atoms. The average molecular weight is 597 g/mol. The number of carbonyl (C=O) groups is 2. The predicted octanol–water partition coefficient (Wildman–Crippen LogP) is 5.42. The first kappa shape index (κ1) is 28.8. The van der Waals surface area contributed by atoms with E-state index in [2.05, 4.69) is 5.32 Å². The van der Waals surface area contributed by atoms with Crippen molar-refractivity contribution in [1.29, 1.82) is 0 Å². The van der Waals surface area contributed by atoms with Crippen LogP contribution in [0.15, 0.2) is 76.0 Å². The van der Waals surface area contributed by atoms with E-state index in [4.69, 9.17) is 25.5 Å². The van der Waals surface area contributed by atoms with Gasteiger partial charge in [0.05, 0.1) is 41.5 Å². The van der Waals surface area contributed by atoms with Crippen LogP contribution in [0.4, 0.5) is 5.69 Å². The Hall–Kier alpha value is -3.70. The highest BCUT2D eigenvalue weighted by atomic mass is 35.5. The van der Waals surface area contributed by atoms with Gasteiger partial charge in [-0.15, -0.1) is 0 Å². The van der Waals surface area contributed by atoms with E-state index < -0.39 is 15.8 Å². The van der Waals surface area contributed by atoms with Crippen LogP contribution in [0.2, 0.25) is 5.02 Å². The molecule has 1 fully saturated rings. The number of ketones is 2. The second-order valence-electron chi connectivity index (χ2n) is 9.86. The molecule has 0 bridgehead atoms. The van der Waals surface area contributed by atoms with Crippen molar-refractivity contribution >= 4 is 49.8 Å². The number of nitrogens with one attached hydrogen (secondary N) is 1. The number of anilines is 1. The van der Waals surface area contributed by atoms with E-state index in [1.165, 1.54) is 29.6 Å². The molecular formula is C30H29ClN2O7S. The Bertz CT molecular complexity index is 1720. The molecule has 4 aromatic rings. The minimum Gasteiger partial charge on any atom is -0.495 e. The molecule has 2 unspecified atom stereocenters. The minimum atomic E-state index is -3.83. The van der Waals surface area contributed by atoms with Gasteiger partial charge in [-0.25, -0.2) is 8.42 Å². The minimum absolute atomic E-state index is 0.0205. The summed E-state index contributed by atoms with van der Waals surface area (Å²) in [5, 5.41) is 3.95. The number of halogens is 1. The van der Waals surface area contributed by atoms with Crippen LogP contribution in [0.5, 0.6) is 5.75 Å². The van der Waals surface area contributed by atoms with Gasteiger partial charge >= 0.3 is 0 Å². The van der Waals surface area contributed by atoms with Crippen LogP contribution in [-0.2, 0) is 14.8 Å². The van der Waals surface area contributed by atoms with E-state index in [-0.39, 0.29) is 64.4 Å². The van der Waals surface area contributed by atoms with Gasteiger partial charge in [-0.3, -0.25) is 9.59 Å². The summed E-state index contributed by atoms with van der Waals surface area (Å²) in [4.78, 5) is 26.8. The summed E-state index contributed by atoms with van der Waals surface area (Å²) in [6.07, 6.45) is -0.476. The monoisotopic (exact) mass is 596 g/mol. The molecule has 1 saturated heterocycles. The van der Waals surface area contributed by atoms with Crippen LogP contribution in [0.1, 0.15) is 40.3 Å². The van der Waals surface area contributed by atoms with Gasteiger partial charge in [-0.1, -0.05) is 35.9 Å². The molecule has 0 saturated carbocycles. The number of Topliss-reactive ketones (excluding diaryl/α,β-unsaturated/α-hetero) is 1. The van der Waals surface area contributed by atoms with Crippen molar-refractivity contribution in [3.63, 3.8) is 0 Å². The van der Waals surface area contributed by atoms with Crippen molar-refractivity contribution in [1.82, 2.24) is 4.31 Å². The third kappa shape index (κ3) is 5.87. The Morgan fingerprint density at radius 2 is 1.73 bits per heavy atom. The molecule has 214 valence electrons.